The molecule has 0 radical (unpaired) electrons. The SMILES string of the molecule is CC(C)N(CCNC1CCOCC1)C(C)C. The van der Waals surface area contributed by atoms with Gasteiger partial charge in [-0.2, -0.15) is 0 Å². The van der Waals surface area contributed by atoms with Crippen LogP contribution in [-0.4, -0.2) is 49.3 Å². The molecular weight excluding hydrogens is 200 g/mol. The van der Waals surface area contributed by atoms with Crippen molar-refractivity contribution in [3.05, 3.63) is 0 Å². The van der Waals surface area contributed by atoms with Gasteiger partial charge < -0.3 is 10.1 Å². The van der Waals surface area contributed by atoms with Crippen LogP contribution in [0.15, 0.2) is 0 Å². The molecule has 0 aromatic carbocycles. The van der Waals surface area contributed by atoms with E-state index in [9.17, 15) is 0 Å². The zero-order valence-corrected chi connectivity index (χ0v) is 11.3. The molecule has 0 bridgehead atoms. The van der Waals surface area contributed by atoms with Gasteiger partial charge >= 0.3 is 0 Å². The van der Waals surface area contributed by atoms with Crippen molar-refractivity contribution in [2.75, 3.05) is 26.3 Å². The van der Waals surface area contributed by atoms with Crippen molar-refractivity contribution in [3.63, 3.8) is 0 Å². The second-order valence-electron chi connectivity index (χ2n) is 5.27. The molecule has 0 aliphatic carbocycles. The molecule has 1 fully saturated rings. The molecule has 0 aromatic heterocycles. The van der Waals surface area contributed by atoms with Crippen LogP contribution in [0.4, 0.5) is 0 Å². The molecule has 1 aliphatic rings. The lowest BCUT2D eigenvalue weighted by Crippen LogP contribution is -2.44. The maximum absolute atomic E-state index is 5.35. The minimum Gasteiger partial charge on any atom is -0.381 e. The number of nitrogens with zero attached hydrogens (tertiary/aromatic N) is 1. The third-order valence-corrected chi connectivity index (χ3v) is 3.35. The summed E-state index contributed by atoms with van der Waals surface area (Å²) in [5, 5.41) is 3.64. The van der Waals surface area contributed by atoms with E-state index >= 15 is 0 Å². The number of nitrogens with one attached hydrogen (secondary N) is 1. The van der Waals surface area contributed by atoms with Crippen LogP contribution in [0.25, 0.3) is 0 Å². The summed E-state index contributed by atoms with van der Waals surface area (Å²) in [6, 6.07) is 1.95. The Kier molecular flexibility index (Phi) is 6.32. The lowest BCUT2D eigenvalue weighted by Gasteiger charge is -2.31. The average Bonchev–Trinajstić information content (AvgIpc) is 2.24. The quantitative estimate of drug-likeness (QED) is 0.751. The van der Waals surface area contributed by atoms with E-state index in [1.165, 1.54) is 12.8 Å². The smallest absolute Gasteiger partial charge is 0.0480 e. The Labute approximate surface area is 101 Å². The first-order valence-corrected chi connectivity index (χ1v) is 6.68. The normalized spacial score (nSPS) is 18.9. The molecule has 0 unspecified atom stereocenters. The molecule has 16 heavy (non-hydrogen) atoms. The number of hydrogen-bond donors (Lipinski definition) is 1. The second-order valence-corrected chi connectivity index (χ2v) is 5.27. The van der Waals surface area contributed by atoms with Gasteiger partial charge in [-0.15, -0.1) is 0 Å². The minimum atomic E-state index is 0.636. The van der Waals surface area contributed by atoms with Gasteiger partial charge in [0.15, 0.2) is 0 Å². The Morgan fingerprint density at radius 3 is 2.19 bits per heavy atom. The highest BCUT2D eigenvalue weighted by Gasteiger charge is 2.15. The van der Waals surface area contributed by atoms with Crippen molar-refractivity contribution < 1.29 is 4.74 Å². The predicted molar refractivity (Wildman–Crippen MR) is 68.8 cm³/mol. The summed E-state index contributed by atoms with van der Waals surface area (Å²) in [7, 11) is 0. The zero-order valence-electron chi connectivity index (χ0n) is 11.3. The van der Waals surface area contributed by atoms with E-state index in [1.54, 1.807) is 0 Å². The first kappa shape index (κ1) is 13.9. The van der Waals surface area contributed by atoms with Gasteiger partial charge in [0.05, 0.1) is 0 Å². The summed E-state index contributed by atoms with van der Waals surface area (Å²) < 4.78 is 5.35. The lowest BCUT2D eigenvalue weighted by atomic mass is 10.1. The van der Waals surface area contributed by atoms with Crippen LogP contribution >= 0.6 is 0 Å². The highest BCUT2D eigenvalue weighted by Crippen LogP contribution is 2.07. The van der Waals surface area contributed by atoms with Crippen molar-refractivity contribution in [2.24, 2.45) is 0 Å². The molecule has 96 valence electrons. The van der Waals surface area contributed by atoms with Gasteiger partial charge in [0.2, 0.25) is 0 Å². The summed E-state index contributed by atoms with van der Waals surface area (Å²) in [6.45, 7) is 13.2. The Balaban J connectivity index is 2.16. The molecule has 0 amide bonds. The van der Waals surface area contributed by atoms with Gasteiger partial charge in [-0.05, 0) is 40.5 Å². The van der Waals surface area contributed by atoms with E-state index in [2.05, 4.69) is 37.9 Å². The summed E-state index contributed by atoms with van der Waals surface area (Å²) in [6.07, 6.45) is 2.34. The molecule has 0 saturated carbocycles. The van der Waals surface area contributed by atoms with E-state index in [0.29, 0.717) is 18.1 Å². The first-order valence-electron chi connectivity index (χ1n) is 6.68. The average molecular weight is 228 g/mol. The Morgan fingerprint density at radius 2 is 1.69 bits per heavy atom. The van der Waals surface area contributed by atoms with E-state index in [1.807, 2.05) is 0 Å². The van der Waals surface area contributed by atoms with Gasteiger partial charge in [-0.1, -0.05) is 0 Å². The molecular formula is C13H28N2O. The molecule has 1 saturated heterocycles. The molecule has 1 N–H and O–H groups in total. The Hall–Kier alpha value is -0.120. The second kappa shape index (κ2) is 7.25. The van der Waals surface area contributed by atoms with Crippen molar-refractivity contribution >= 4 is 0 Å². The van der Waals surface area contributed by atoms with Crippen LogP contribution in [0.1, 0.15) is 40.5 Å². The molecule has 1 heterocycles. The molecule has 3 nitrogen and oxygen atoms in total. The number of rotatable bonds is 6. The molecule has 1 rings (SSSR count). The van der Waals surface area contributed by atoms with Gasteiger partial charge in [0.1, 0.15) is 0 Å². The van der Waals surface area contributed by atoms with Crippen LogP contribution in [0, 0.1) is 0 Å². The maximum Gasteiger partial charge on any atom is 0.0480 e. The van der Waals surface area contributed by atoms with Crippen LogP contribution in [-0.2, 0) is 4.74 Å². The van der Waals surface area contributed by atoms with Crippen LogP contribution in [0.3, 0.4) is 0 Å². The maximum atomic E-state index is 5.35. The minimum absolute atomic E-state index is 0.636. The fourth-order valence-electron chi connectivity index (χ4n) is 2.41. The number of ether oxygens (including phenoxy) is 1. The van der Waals surface area contributed by atoms with Crippen LogP contribution in [0.2, 0.25) is 0 Å². The van der Waals surface area contributed by atoms with E-state index in [4.69, 9.17) is 4.74 Å². The molecule has 3 heteroatoms. The van der Waals surface area contributed by atoms with Gasteiger partial charge in [-0.25, -0.2) is 0 Å². The van der Waals surface area contributed by atoms with Crippen molar-refractivity contribution in [1.29, 1.82) is 0 Å². The summed E-state index contributed by atoms with van der Waals surface area (Å²) in [5.74, 6) is 0. The van der Waals surface area contributed by atoms with Crippen LogP contribution in [0.5, 0.6) is 0 Å². The number of hydrogen-bond acceptors (Lipinski definition) is 3. The molecule has 0 atom stereocenters. The van der Waals surface area contributed by atoms with Gasteiger partial charge in [0, 0.05) is 44.4 Å². The summed E-state index contributed by atoms with van der Waals surface area (Å²) in [5.41, 5.74) is 0. The highest BCUT2D eigenvalue weighted by atomic mass is 16.5. The third kappa shape index (κ3) is 4.81. The van der Waals surface area contributed by atoms with Gasteiger partial charge in [0.25, 0.3) is 0 Å². The van der Waals surface area contributed by atoms with E-state index < -0.39 is 0 Å². The van der Waals surface area contributed by atoms with Crippen LogP contribution < -0.4 is 5.32 Å². The van der Waals surface area contributed by atoms with Crippen molar-refractivity contribution in [2.45, 2.75) is 58.7 Å². The standard InChI is InChI=1S/C13H28N2O/c1-11(2)15(12(3)4)8-7-14-13-5-9-16-10-6-13/h11-14H,5-10H2,1-4H3. The Morgan fingerprint density at radius 1 is 1.12 bits per heavy atom. The Bertz CT molecular complexity index is 169. The molecule has 1 aliphatic heterocycles. The molecule has 0 spiro atoms. The zero-order chi connectivity index (χ0) is 12.0. The monoisotopic (exact) mass is 228 g/mol. The fourth-order valence-corrected chi connectivity index (χ4v) is 2.41. The summed E-state index contributed by atoms with van der Waals surface area (Å²) in [4.78, 5) is 2.53. The fraction of sp³-hybridized carbons (Fsp3) is 1.00. The topological polar surface area (TPSA) is 24.5 Å². The van der Waals surface area contributed by atoms with E-state index in [-0.39, 0.29) is 0 Å². The van der Waals surface area contributed by atoms with E-state index in [0.717, 1.165) is 26.3 Å². The summed E-state index contributed by atoms with van der Waals surface area (Å²) >= 11 is 0. The predicted octanol–water partition coefficient (Wildman–Crippen LogP) is 1.87. The molecule has 0 aromatic rings. The third-order valence-electron chi connectivity index (χ3n) is 3.35. The first-order chi connectivity index (χ1) is 7.61. The van der Waals surface area contributed by atoms with Crippen molar-refractivity contribution in [3.8, 4) is 0 Å². The largest absolute Gasteiger partial charge is 0.381 e. The van der Waals surface area contributed by atoms with Gasteiger partial charge in [-0.3, -0.25) is 4.90 Å². The van der Waals surface area contributed by atoms with Crippen molar-refractivity contribution in [1.82, 2.24) is 10.2 Å². The highest BCUT2D eigenvalue weighted by molar-refractivity contribution is 4.73. The lowest BCUT2D eigenvalue weighted by molar-refractivity contribution is 0.0760.